The number of hydrogen-bond donors (Lipinski definition) is 1. The van der Waals surface area contributed by atoms with Gasteiger partial charge in [-0.3, -0.25) is 4.79 Å². The maximum absolute atomic E-state index is 11.6. The number of carbonyl (C=O) groups is 2. The van der Waals surface area contributed by atoms with E-state index in [9.17, 15) is 9.59 Å². The monoisotopic (exact) mass is 272 g/mol. The predicted molar refractivity (Wildman–Crippen MR) is 69.3 cm³/mol. The number of ether oxygens (including phenoxy) is 1. The highest BCUT2D eigenvalue weighted by Gasteiger charge is 2.14. The fraction of sp³-hybridized carbons (Fsp3) is 0.333. The first-order chi connectivity index (χ1) is 8.10. The minimum absolute atomic E-state index is 0.0983. The van der Waals surface area contributed by atoms with E-state index in [0.29, 0.717) is 16.0 Å². The van der Waals surface area contributed by atoms with Crippen molar-refractivity contribution >= 4 is 36.0 Å². The molecule has 0 aromatic heterocycles. The Morgan fingerprint density at radius 2 is 2.12 bits per heavy atom. The lowest BCUT2D eigenvalue weighted by Gasteiger charge is -2.06. The van der Waals surface area contributed by atoms with Gasteiger partial charge in [-0.1, -0.05) is 6.07 Å². The average molecular weight is 273 g/mol. The van der Waals surface area contributed by atoms with Crippen LogP contribution in [0.25, 0.3) is 0 Å². The number of hydrogen-bond acceptors (Lipinski definition) is 4. The zero-order valence-corrected chi connectivity index (χ0v) is 11.1. The molecule has 0 unspecified atom stereocenters. The first kappa shape index (κ1) is 14.1. The van der Waals surface area contributed by atoms with Crippen LogP contribution in [0.3, 0.4) is 0 Å². The molecule has 5 heteroatoms. The van der Waals surface area contributed by atoms with Gasteiger partial charge in [0.15, 0.2) is 5.78 Å². The quantitative estimate of drug-likeness (QED) is 0.388. The van der Waals surface area contributed by atoms with Gasteiger partial charge in [0, 0.05) is 22.8 Å². The van der Waals surface area contributed by atoms with Crippen molar-refractivity contribution in [2.24, 2.45) is 0 Å². The summed E-state index contributed by atoms with van der Waals surface area (Å²) in [5.41, 5.74) is 0.752. The third-order valence-electron chi connectivity index (χ3n) is 2.14. The van der Waals surface area contributed by atoms with Crippen LogP contribution >= 0.6 is 24.2 Å². The molecule has 92 valence electrons. The van der Waals surface area contributed by atoms with Crippen LogP contribution < -0.4 is 0 Å². The Morgan fingerprint density at radius 1 is 1.41 bits per heavy atom. The Morgan fingerprint density at radius 3 is 2.71 bits per heavy atom. The van der Waals surface area contributed by atoms with Crippen molar-refractivity contribution in [3.63, 3.8) is 0 Å². The number of alkyl halides is 1. The standard InChI is InChI=1S/C12H13ClO3S/c1-2-16-12(15)9-7-8(3-4-11(9)17)10(14)5-6-13/h3-4,7,17H,2,5-6H2,1H3. The number of ketones is 1. The molecule has 0 fully saturated rings. The molecule has 0 aliphatic carbocycles. The highest BCUT2D eigenvalue weighted by atomic mass is 35.5. The number of halogens is 1. The maximum atomic E-state index is 11.6. The first-order valence-electron chi connectivity index (χ1n) is 5.19. The summed E-state index contributed by atoms with van der Waals surface area (Å²) in [6.07, 6.45) is 0.246. The fourth-order valence-corrected chi connectivity index (χ4v) is 1.71. The van der Waals surface area contributed by atoms with Crippen LogP contribution in [0, 0.1) is 0 Å². The van der Waals surface area contributed by atoms with E-state index in [-0.39, 0.29) is 24.7 Å². The fourth-order valence-electron chi connectivity index (χ4n) is 1.31. The van der Waals surface area contributed by atoms with Crippen LogP contribution in [0.2, 0.25) is 0 Å². The molecule has 3 nitrogen and oxygen atoms in total. The summed E-state index contributed by atoms with van der Waals surface area (Å²) in [6.45, 7) is 2.00. The summed E-state index contributed by atoms with van der Waals surface area (Å²) in [6, 6.07) is 4.73. The molecule has 0 spiro atoms. The van der Waals surface area contributed by atoms with Gasteiger partial charge in [-0.2, -0.15) is 0 Å². The topological polar surface area (TPSA) is 43.4 Å². The molecule has 0 aliphatic heterocycles. The molecular weight excluding hydrogens is 260 g/mol. The molecule has 0 bridgehead atoms. The van der Waals surface area contributed by atoms with Crippen molar-refractivity contribution in [3.05, 3.63) is 29.3 Å². The summed E-state index contributed by atoms with van der Waals surface area (Å²) >= 11 is 9.66. The lowest BCUT2D eigenvalue weighted by Crippen LogP contribution is -2.08. The van der Waals surface area contributed by atoms with E-state index in [1.54, 1.807) is 19.1 Å². The minimum atomic E-state index is -0.474. The van der Waals surface area contributed by atoms with E-state index in [1.165, 1.54) is 6.07 Å². The lowest BCUT2D eigenvalue weighted by molar-refractivity contribution is 0.0522. The van der Waals surface area contributed by atoms with Gasteiger partial charge in [0.1, 0.15) is 0 Å². The number of benzene rings is 1. The Kier molecular flexibility index (Phi) is 5.51. The van der Waals surface area contributed by atoms with Gasteiger partial charge in [0.05, 0.1) is 12.2 Å². The van der Waals surface area contributed by atoms with Crippen molar-refractivity contribution in [1.82, 2.24) is 0 Å². The Bertz CT molecular complexity index is 432. The van der Waals surface area contributed by atoms with Crippen molar-refractivity contribution in [3.8, 4) is 0 Å². The van der Waals surface area contributed by atoms with Crippen LogP contribution in [0.5, 0.6) is 0 Å². The van der Waals surface area contributed by atoms with Gasteiger partial charge >= 0.3 is 5.97 Å². The van der Waals surface area contributed by atoms with Crippen molar-refractivity contribution in [2.45, 2.75) is 18.2 Å². The average Bonchev–Trinajstić information content (AvgIpc) is 2.30. The number of rotatable bonds is 5. The number of carbonyl (C=O) groups excluding carboxylic acids is 2. The molecule has 0 saturated carbocycles. The molecule has 0 atom stereocenters. The summed E-state index contributed by atoms with van der Waals surface area (Å²) < 4.78 is 4.88. The van der Waals surface area contributed by atoms with E-state index in [1.807, 2.05) is 0 Å². The zero-order valence-electron chi connectivity index (χ0n) is 9.40. The summed E-state index contributed by atoms with van der Waals surface area (Å²) in [5.74, 6) is -0.312. The van der Waals surface area contributed by atoms with E-state index < -0.39 is 5.97 Å². The van der Waals surface area contributed by atoms with Gasteiger partial charge in [-0.05, 0) is 19.1 Å². The highest BCUT2D eigenvalue weighted by Crippen LogP contribution is 2.18. The second-order valence-electron chi connectivity index (χ2n) is 3.31. The van der Waals surface area contributed by atoms with Crippen LogP contribution in [0.15, 0.2) is 23.1 Å². The van der Waals surface area contributed by atoms with Gasteiger partial charge < -0.3 is 4.74 Å². The molecule has 1 aromatic rings. The number of esters is 1. The van der Waals surface area contributed by atoms with Crippen LogP contribution in [-0.2, 0) is 4.74 Å². The van der Waals surface area contributed by atoms with Gasteiger partial charge in [-0.25, -0.2) is 4.79 Å². The molecule has 1 aromatic carbocycles. The molecule has 0 radical (unpaired) electrons. The smallest absolute Gasteiger partial charge is 0.339 e. The third-order valence-corrected chi connectivity index (χ3v) is 2.71. The highest BCUT2D eigenvalue weighted by molar-refractivity contribution is 7.80. The first-order valence-corrected chi connectivity index (χ1v) is 6.17. The minimum Gasteiger partial charge on any atom is -0.462 e. The molecule has 0 saturated heterocycles. The predicted octanol–water partition coefficient (Wildman–Crippen LogP) is 2.96. The summed E-state index contributed by atoms with van der Waals surface area (Å²) in [7, 11) is 0. The van der Waals surface area contributed by atoms with E-state index in [0.717, 1.165) is 0 Å². The van der Waals surface area contributed by atoms with Crippen LogP contribution in [0.1, 0.15) is 34.1 Å². The number of thiol groups is 1. The number of Topliss-reactive ketones (excluding diaryl/α,β-unsaturated/α-hetero) is 1. The Balaban J connectivity index is 3.02. The molecule has 0 heterocycles. The third kappa shape index (κ3) is 3.75. The van der Waals surface area contributed by atoms with Gasteiger partial charge in [0.25, 0.3) is 0 Å². The van der Waals surface area contributed by atoms with Gasteiger partial charge in [0.2, 0.25) is 0 Å². The molecule has 0 N–H and O–H groups in total. The van der Waals surface area contributed by atoms with E-state index in [2.05, 4.69) is 12.6 Å². The van der Waals surface area contributed by atoms with Crippen LogP contribution in [0.4, 0.5) is 0 Å². The van der Waals surface area contributed by atoms with Crippen molar-refractivity contribution in [1.29, 1.82) is 0 Å². The molecule has 0 amide bonds. The molecule has 1 rings (SSSR count). The van der Waals surface area contributed by atoms with E-state index in [4.69, 9.17) is 16.3 Å². The Hall–Kier alpha value is -1.000. The molecule has 0 aliphatic rings. The SMILES string of the molecule is CCOC(=O)c1cc(C(=O)CCCl)ccc1S. The van der Waals surface area contributed by atoms with Crippen molar-refractivity contribution in [2.75, 3.05) is 12.5 Å². The second-order valence-corrected chi connectivity index (χ2v) is 4.17. The maximum Gasteiger partial charge on any atom is 0.339 e. The van der Waals surface area contributed by atoms with E-state index >= 15 is 0 Å². The van der Waals surface area contributed by atoms with Gasteiger partial charge in [-0.15, -0.1) is 24.2 Å². The Labute approximate surface area is 111 Å². The summed E-state index contributed by atoms with van der Waals surface area (Å²) in [5, 5.41) is 0. The summed E-state index contributed by atoms with van der Waals surface area (Å²) in [4.78, 5) is 23.7. The van der Waals surface area contributed by atoms with Crippen molar-refractivity contribution < 1.29 is 14.3 Å². The van der Waals surface area contributed by atoms with Crippen LogP contribution in [-0.4, -0.2) is 24.2 Å². The lowest BCUT2D eigenvalue weighted by atomic mass is 10.1. The normalized spacial score (nSPS) is 10.1. The molecule has 17 heavy (non-hydrogen) atoms. The largest absolute Gasteiger partial charge is 0.462 e. The zero-order chi connectivity index (χ0) is 12.8. The molecular formula is C12H13ClO3S. The second kappa shape index (κ2) is 6.67.